The van der Waals surface area contributed by atoms with Crippen LogP contribution in [0.2, 0.25) is 0 Å². The molecule has 0 radical (unpaired) electrons. The van der Waals surface area contributed by atoms with Gasteiger partial charge in [0.05, 0.1) is 0 Å². The average molecular weight is 248 g/mol. The number of hydrogen-bond acceptors (Lipinski definition) is 2. The SMILES string of the molecule is CC(C)C1CNC(C)(C2CC2)CN1C1CC=CC1. The van der Waals surface area contributed by atoms with Crippen molar-refractivity contribution in [3.05, 3.63) is 12.2 Å². The van der Waals surface area contributed by atoms with Gasteiger partial charge >= 0.3 is 0 Å². The van der Waals surface area contributed by atoms with E-state index in [1.165, 1.54) is 38.8 Å². The van der Waals surface area contributed by atoms with E-state index in [-0.39, 0.29) is 0 Å². The quantitative estimate of drug-likeness (QED) is 0.773. The van der Waals surface area contributed by atoms with Gasteiger partial charge in [-0.15, -0.1) is 0 Å². The Morgan fingerprint density at radius 3 is 2.44 bits per heavy atom. The zero-order chi connectivity index (χ0) is 12.8. The third kappa shape index (κ3) is 2.25. The zero-order valence-corrected chi connectivity index (χ0v) is 12.2. The van der Waals surface area contributed by atoms with Crippen LogP contribution in [0.25, 0.3) is 0 Å². The zero-order valence-electron chi connectivity index (χ0n) is 12.2. The molecule has 1 N–H and O–H groups in total. The highest BCUT2D eigenvalue weighted by atomic mass is 15.3. The second-order valence-electron chi connectivity index (χ2n) is 7.15. The molecule has 0 spiro atoms. The number of nitrogens with one attached hydrogen (secondary N) is 1. The summed E-state index contributed by atoms with van der Waals surface area (Å²) in [6.45, 7) is 9.65. The van der Waals surface area contributed by atoms with Crippen molar-refractivity contribution < 1.29 is 0 Å². The average Bonchev–Trinajstić information content (AvgIpc) is 3.06. The van der Waals surface area contributed by atoms with Crippen LogP contribution >= 0.6 is 0 Å². The lowest BCUT2D eigenvalue weighted by Crippen LogP contribution is -2.66. The Kier molecular flexibility index (Phi) is 3.27. The molecule has 2 unspecified atom stereocenters. The van der Waals surface area contributed by atoms with Crippen molar-refractivity contribution >= 4 is 0 Å². The second kappa shape index (κ2) is 4.64. The Balaban J connectivity index is 1.75. The van der Waals surface area contributed by atoms with Gasteiger partial charge in [-0.1, -0.05) is 26.0 Å². The minimum absolute atomic E-state index is 0.383. The highest BCUT2D eigenvalue weighted by Gasteiger charge is 2.47. The Labute approximate surface area is 112 Å². The molecule has 102 valence electrons. The van der Waals surface area contributed by atoms with Crippen LogP contribution in [0, 0.1) is 11.8 Å². The number of piperazine rings is 1. The molecule has 2 heteroatoms. The molecule has 2 fully saturated rings. The molecule has 0 amide bonds. The molecule has 18 heavy (non-hydrogen) atoms. The monoisotopic (exact) mass is 248 g/mol. The van der Waals surface area contributed by atoms with Crippen LogP contribution in [0.4, 0.5) is 0 Å². The highest BCUT2D eigenvalue weighted by molar-refractivity contribution is 5.08. The predicted molar refractivity (Wildman–Crippen MR) is 76.6 cm³/mol. The molecule has 1 saturated heterocycles. The van der Waals surface area contributed by atoms with Crippen LogP contribution in [0.1, 0.15) is 46.5 Å². The Hall–Kier alpha value is -0.340. The fourth-order valence-electron chi connectivity index (χ4n) is 3.89. The van der Waals surface area contributed by atoms with E-state index in [0.29, 0.717) is 5.54 Å². The van der Waals surface area contributed by atoms with Gasteiger partial charge in [-0.05, 0) is 44.4 Å². The van der Waals surface area contributed by atoms with Gasteiger partial charge < -0.3 is 5.32 Å². The molecule has 1 saturated carbocycles. The summed E-state index contributed by atoms with van der Waals surface area (Å²) < 4.78 is 0. The molecule has 0 aromatic rings. The first-order valence-corrected chi connectivity index (χ1v) is 7.76. The van der Waals surface area contributed by atoms with Crippen LogP contribution in [-0.4, -0.2) is 35.6 Å². The van der Waals surface area contributed by atoms with Crippen molar-refractivity contribution in [2.45, 2.75) is 64.1 Å². The molecule has 0 bridgehead atoms. The maximum atomic E-state index is 3.88. The van der Waals surface area contributed by atoms with Gasteiger partial charge in [-0.25, -0.2) is 0 Å². The first kappa shape index (κ1) is 12.7. The Morgan fingerprint density at radius 1 is 1.22 bits per heavy atom. The fraction of sp³-hybridized carbons (Fsp3) is 0.875. The van der Waals surface area contributed by atoms with E-state index in [0.717, 1.165) is 23.9 Å². The number of nitrogens with zero attached hydrogens (tertiary/aromatic N) is 1. The molecule has 1 heterocycles. The fourth-order valence-corrected chi connectivity index (χ4v) is 3.89. The maximum Gasteiger partial charge on any atom is 0.0309 e. The predicted octanol–water partition coefficient (Wildman–Crippen LogP) is 2.80. The van der Waals surface area contributed by atoms with Crippen LogP contribution in [0.15, 0.2) is 12.2 Å². The van der Waals surface area contributed by atoms with Gasteiger partial charge in [0, 0.05) is 30.7 Å². The summed E-state index contributed by atoms with van der Waals surface area (Å²) in [5, 5.41) is 3.88. The van der Waals surface area contributed by atoms with Crippen molar-refractivity contribution in [3.63, 3.8) is 0 Å². The van der Waals surface area contributed by atoms with E-state index in [2.05, 4.69) is 43.1 Å². The van der Waals surface area contributed by atoms with Gasteiger partial charge in [0.25, 0.3) is 0 Å². The van der Waals surface area contributed by atoms with Crippen molar-refractivity contribution in [2.75, 3.05) is 13.1 Å². The van der Waals surface area contributed by atoms with Crippen molar-refractivity contribution in [1.29, 1.82) is 0 Å². The molecule has 2 atom stereocenters. The second-order valence-corrected chi connectivity index (χ2v) is 7.15. The molecule has 2 nitrogen and oxygen atoms in total. The number of rotatable bonds is 3. The first-order valence-electron chi connectivity index (χ1n) is 7.76. The molecular formula is C16H28N2. The van der Waals surface area contributed by atoms with Crippen LogP contribution in [0.3, 0.4) is 0 Å². The summed E-state index contributed by atoms with van der Waals surface area (Å²) in [6.07, 6.45) is 10.2. The molecule has 0 aromatic carbocycles. The van der Waals surface area contributed by atoms with E-state index in [1.807, 2.05) is 0 Å². The third-order valence-corrected chi connectivity index (χ3v) is 5.35. The van der Waals surface area contributed by atoms with Gasteiger partial charge in [0.2, 0.25) is 0 Å². The molecule has 3 aliphatic rings. The summed E-state index contributed by atoms with van der Waals surface area (Å²) in [7, 11) is 0. The van der Waals surface area contributed by atoms with E-state index in [1.54, 1.807) is 0 Å². The minimum atomic E-state index is 0.383. The normalized spacial score (nSPS) is 38.8. The largest absolute Gasteiger partial charge is 0.308 e. The minimum Gasteiger partial charge on any atom is -0.308 e. The van der Waals surface area contributed by atoms with E-state index in [4.69, 9.17) is 0 Å². The van der Waals surface area contributed by atoms with E-state index >= 15 is 0 Å². The van der Waals surface area contributed by atoms with E-state index in [9.17, 15) is 0 Å². The van der Waals surface area contributed by atoms with Crippen molar-refractivity contribution in [1.82, 2.24) is 10.2 Å². The number of hydrogen-bond donors (Lipinski definition) is 1. The van der Waals surface area contributed by atoms with Crippen molar-refractivity contribution in [2.24, 2.45) is 11.8 Å². The van der Waals surface area contributed by atoms with E-state index < -0.39 is 0 Å². The summed E-state index contributed by atoms with van der Waals surface area (Å²) in [4.78, 5) is 2.83. The Morgan fingerprint density at radius 2 is 1.89 bits per heavy atom. The van der Waals surface area contributed by atoms with Crippen LogP contribution in [0.5, 0.6) is 0 Å². The van der Waals surface area contributed by atoms with Gasteiger partial charge in [0.1, 0.15) is 0 Å². The smallest absolute Gasteiger partial charge is 0.0309 e. The van der Waals surface area contributed by atoms with Gasteiger partial charge in [0.15, 0.2) is 0 Å². The standard InChI is InChI=1S/C16H28N2/c1-12(2)15-10-17-16(3,13-8-9-13)11-18(15)14-6-4-5-7-14/h4-5,12-15,17H,6-11H2,1-3H3. The lowest BCUT2D eigenvalue weighted by atomic mass is 9.86. The van der Waals surface area contributed by atoms with Crippen LogP contribution in [-0.2, 0) is 0 Å². The van der Waals surface area contributed by atoms with Gasteiger partial charge in [-0.2, -0.15) is 0 Å². The Bertz CT molecular complexity index is 324. The molecular weight excluding hydrogens is 220 g/mol. The molecule has 0 aromatic heterocycles. The van der Waals surface area contributed by atoms with Crippen LogP contribution < -0.4 is 5.32 Å². The van der Waals surface area contributed by atoms with Gasteiger partial charge in [-0.3, -0.25) is 4.90 Å². The molecule has 2 aliphatic carbocycles. The molecule has 3 rings (SSSR count). The topological polar surface area (TPSA) is 15.3 Å². The summed E-state index contributed by atoms with van der Waals surface area (Å²) in [6, 6.07) is 1.50. The third-order valence-electron chi connectivity index (χ3n) is 5.35. The van der Waals surface area contributed by atoms with Crippen molar-refractivity contribution in [3.8, 4) is 0 Å². The summed E-state index contributed by atoms with van der Waals surface area (Å²) >= 11 is 0. The molecule has 1 aliphatic heterocycles. The first-order chi connectivity index (χ1) is 8.60. The lowest BCUT2D eigenvalue weighted by molar-refractivity contribution is 0.0219. The summed E-state index contributed by atoms with van der Waals surface area (Å²) in [5.41, 5.74) is 0.383. The maximum absolute atomic E-state index is 3.88. The highest BCUT2D eigenvalue weighted by Crippen LogP contribution is 2.42. The lowest BCUT2D eigenvalue weighted by Gasteiger charge is -2.50. The summed E-state index contributed by atoms with van der Waals surface area (Å²) in [5.74, 6) is 1.68.